The van der Waals surface area contributed by atoms with E-state index < -0.39 is 6.04 Å². The molecule has 2 atom stereocenters. The zero-order valence-electron chi connectivity index (χ0n) is 13.4. The monoisotopic (exact) mass is 286 g/mol. The number of rotatable bonds is 9. The number of amides is 1. The van der Waals surface area contributed by atoms with Gasteiger partial charge in [0.25, 0.3) is 0 Å². The average Bonchev–Trinajstić information content (AvgIpc) is 2.34. The zero-order valence-corrected chi connectivity index (χ0v) is 13.4. The third-order valence-corrected chi connectivity index (χ3v) is 3.14. The van der Waals surface area contributed by atoms with Crippen molar-refractivity contribution in [2.24, 2.45) is 23.5 Å². The van der Waals surface area contributed by atoms with Crippen molar-refractivity contribution >= 4 is 11.9 Å². The number of carbonyl (C=O) groups is 2. The molecule has 0 heterocycles. The van der Waals surface area contributed by atoms with Gasteiger partial charge in [-0.15, -0.1) is 0 Å². The molecule has 118 valence electrons. The standard InChI is InChI=1S/C15H30N2O3/c1-10(2)6-12(9-16)8-14(18)17-13(7-11(3)4)15(19)20-5/h10-13H,6-9,16H2,1-5H3,(H,17,18). The maximum atomic E-state index is 12.0. The summed E-state index contributed by atoms with van der Waals surface area (Å²) < 4.78 is 4.73. The Hall–Kier alpha value is -1.10. The molecule has 0 fully saturated rings. The van der Waals surface area contributed by atoms with Crippen LogP contribution in [0.2, 0.25) is 0 Å². The number of ether oxygens (including phenoxy) is 1. The van der Waals surface area contributed by atoms with Gasteiger partial charge >= 0.3 is 5.97 Å². The largest absolute Gasteiger partial charge is 0.467 e. The Labute approximate surface area is 122 Å². The normalized spacial score (nSPS) is 14.2. The van der Waals surface area contributed by atoms with Crippen LogP contribution in [-0.2, 0) is 14.3 Å². The second kappa shape index (κ2) is 9.75. The van der Waals surface area contributed by atoms with Crippen molar-refractivity contribution in [1.82, 2.24) is 5.32 Å². The summed E-state index contributed by atoms with van der Waals surface area (Å²) in [4.78, 5) is 23.7. The number of hydrogen-bond donors (Lipinski definition) is 2. The molecule has 0 saturated heterocycles. The van der Waals surface area contributed by atoms with Crippen molar-refractivity contribution in [2.75, 3.05) is 13.7 Å². The molecule has 0 aromatic heterocycles. The minimum atomic E-state index is -0.565. The lowest BCUT2D eigenvalue weighted by molar-refractivity contribution is -0.145. The van der Waals surface area contributed by atoms with Gasteiger partial charge in [-0.05, 0) is 37.1 Å². The van der Waals surface area contributed by atoms with Crippen LogP contribution in [0.15, 0.2) is 0 Å². The Balaban J connectivity index is 4.47. The number of esters is 1. The summed E-state index contributed by atoms with van der Waals surface area (Å²) in [5.41, 5.74) is 5.70. The van der Waals surface area contributed by atoms with Crippen LogP contribution >= 0.6 is 0 Å². The highest BCUT2D eigenvalue weighted by Gasteiger charge is 2.23. The minimum Gasteiger partial charge on any atom is -0.467 e. The SMILES string of the molecule is COC(=O)C(CC(C)C)NC(=O)CC(CN)CC(C)C. The Morgan fingerprint density at radius 2 is 1.65 bits per heavy atom. The van der Waals surface area contributed by atoms with Gasteiger partial charge in [-0.2, -0.15) is 0 Å². The maximum Gasteiger partial charge on any atom is 0.328 e. The Bertz CT molecular complexity index is 303. The number of nitrogens with one attached hydrogen (secondary N) is 1. The van der Waals surface area contributed by atoms with Crippen LogP contribution in [0, 0.1) is 17.8 Å². The molecule has 0 spiro atoms. The molecular formula is C15H30N2O3. The summed E-state index contributed by atoms with van der Waals surface area (Å²) in [6.45, 7) is 8.71. The lowest BCUT2D eigenvalue weighted by Gasteiger charge is -2.21. The van der Waals surface area contributed by atoms with Gasteiger partial charge in [-0.3, -0.25) is 4.79 Å². The molecule has 1 amide bonds. The fourth-order valence-electron chi connectivity index (χ4n) is 2.27. The number of methoxy groups -OCH3 is 1. The van der Waals surface area contributed by atoms with Gasteiger partial charge in [0.2, 0.25) is 5.91 Å². The van der Waals surface area contributed by atoms with Gasteiger partial charge < -0.3 is 15.8 Å². The first-order valence-electron chi connectivity index (χ1n) is 7.37. The highest BCUT2D eigenvalue weighted by Crippen LogP contribution is 2.15. The Morgan fingerprint density at radius 3 is 2.05 bits per heavy atom. The molecule has 0 bridgehead atoms. The van der Waals surface area contributed by atoms with E-state index in [1.807, 2.05) is 13.8 Å². The maximum absolute atomic E-state index is 12.0. The lowest BCUT2D eigenvalue weighted by Crippen LogP contribution is -2.43. The summed E-state index contributed by atoms with van der Waals surface area (Å²) in [6.07, 6.45) is 1.85. The van der Waals surface area contributed by atoms with E-state index in [1.54, 1.807) is 0 Å². The topological polar surface area (TPSA) is 81.4 Å². The smallest absolute Gasteiger partial charge is 0.328 e. The van der Waals surface area contributed by atoms with Gasteiger partial charge in [-0.1, -0.05) is 27.7 Å². The molecule has 0 aliphatic heterocycles. The predicted molar refractivity (Wildman–Crippen MR) is 80.0 cm³/mol. The zero-order chi connectivity index (χ0) is 15.7. The van der Waals surface area contributed by atoms with E-state index in [0.29, 0.717) is 31.2 Å². The van der Waals surface area contributed by atoms with Crippen molar-refractivity contribution in [3.05, 3.63) is 0 Å². The van der Waals surface area contributed by atoms with Crippen LogP contribution in [0.3, 0.4) is 0 Å². The van der Waals surface area contributed by atoms with Crippen molar-refractivity contribution in [3.8, 4) is 0 Å². The van der Waals surface area contributed by atoms with Gasteiger partial charge in [0.05, 0.1) is 7.11 Å². The van der Waals surface area contributed by atoms with Crippen LogP contribution in [0.4, 0.5) is 0 Å². The summed E-state index contributed by atoms with van der Waals surface area (Å²) in [5.74, 6) is 0.452. The fourth-order valence-corrected chi connectivity index (χ4v) is 2.27. The van der Waals surface area contributed by atoms with Crippen LogP contribution in [0.5, 0.6) is 0 Å². The molecule has 0 aromatic carbocycles. The Morgan fingerprint density at radius 1 is 1.10 bits per heavy atom. The van der Waals surface area contributed by atoms with Crippen molar-refractivity contribution < 1.29 is 14.3 Å². The minimum absolute atomic E-state index is 0.128. The first-order chi connectivity index (χ1) is 9.29. The van der Waals surface area contributed by atoms with Crippen LogP contribution in [-0.4, -0.2) is 31.6 Å². The Kier molecular flexibility index (Phi) is 9.21. The third kappa shape index (κ3) is 8.15. The van der Waals surface area contributed by atoms with Gasteiger partial charge in [-0.25, -0.2) is 4.79 Å². The van der Waals surface area contributed by atoms with Crippen molar-refractivity contribution in [3.63, 3.8) is 0 Å². The molecule has 5 heteroatoms. The van der Waals surface area contributed by atoms with E-state index in [-0.39, 0.29) is 17.8 Å². The molecule has 2 unspecified atom stereocenters. The number of carbonyl (C=O) groups excluding carboxylic acids is 2. The summed E-state index contributed by atoms with van der Waals surface area (Å²) >= 11 is 0. The molecule has 0 aliphatic carbocycles. The molecule has 5 nitrogen and oxygen atoms in total. The molecule has 0 radical (unpaired) electrons. The second-order valence-corrected chi connectivity index (χ2v) is 6.21. The number of nitrogens with two attached hydrogens (primary N) is 1. The molecule has 0 saturated carbocycles. The first-order valence-corrected chi connectivity index (χ1v) is 7.37. The average molecular weight is 286 g/mol. The predicted octanol–water partition coefficient (Wildman–Crippen LogP) is 1.70. The van der Waals surface area contributed by atoms with Crippen LogP contribution in [0.25, 0.3) is 0 Å². The molecule has 3 N–H and O–H groups in total. The lowest BCUT2D eigenvalue weighted by atomic mass is 9.93. The quantitative estimate of drug-likeness (QED) is 0.632. The van der Waals surface area contributed by atoms with E-state index in [1.165, 1.54) is 7.11 Å². The van der Waals surface area contributed by atoms with E-state index in [2.05, 4.69) is 19.2 Å². The first kappa shape index (κ1) is 18.9. The summed E-state index contributed by atoms with van der Waals surface area (Å²) in [7, 11) is 1.34. The van der Waals surface area contributed by atoms with E-state index in [9.17, 15) is 9.59 Å². The molecule has 0 aromatic rings. The van der Waals surface area contributed by atoms with Crippen LogP contribution < -0.4 is 11.1 Å². The second-order valence-electron chi connectivity index (χ2n) is 6.21. The summed E-state index contributed by atoms with van der Waals surface area (Å²) in [5, 5.41) is 2.77. The van der Waals surface area contributed by atoms with Crippen LogP contribution in [0.1, 0.15) is 47.0 Å². The van der Waals surface area contributed by atoms with Gasteiger partial charge in [0.1, 0.15) is 6.04 Å². The van der Waals surface area contributed by atoms with E-state index in [4.69, 9.17) is 10.5 Å². The summed E-state index contributed by atoms with van der Waals surface area (Å²) in [6, 6.07) is -0.565. The highest BCUT2D eigenvalue weighted by atomic mass is 16.5. The van der Waals surface area contributed by atoms with E-state index in [0.717, 1.165) is 6.42 Å². The number of hydrogen-bond acceptors (Lipinski definition) is 4. The van der Waals surface area contributed by atoms with E-state index >= 15 is 0 Å². The molecular weight excluding hydrogens is 256 g/mol. The molecule has 0 aliphatic rings. The van der Waals surface area contributed by atoms with Crippen molar-refractivity contribution in [1.29, 1.82) is 0 Å². The molecule has 0 rings (SSSR count). The fraction of sp³-hybridized carbons (Fsp3) is 0.867. The molecule has 20 heavy (non-hydrogen) atoms. The van der Waals surface area contributed by atoms with Crippen molar-refractivity contribution in [2.45, 2.75) is 53.0 Å². The highest BCUT2D eigenvalue weighted by molar-refractivity contribution is 5.84. The third-order valence-electron chi connectivity index (χ3n) is 3.14. The van der Waals surface area contributed by atoms with Gasteiger partial charge in [0.15, 0.2) is 0 Å². The van der Waals surface area contributed by atoms with Gasteiger partial charge in [0, 0.05) is 6.42 Å².